The van der Waals surface area contributed by atoms with E-state index in [1.807, 2.05) is 25.3 Å². The van der Waals surface area contributed by atoms with Gasteiger partial charge in [-0.25, -0.2) is 0 Å². The molecule has 0 aliphatic heterocycles. The Morgan fingerprint density at radius 2 is 2.10 bits per heavy atom. The predicted octanol–water partition coefficient (Wildman–Crippen LogP) is 4.41. The molecule has 0 aliphatic rings. The summed E-state index contributed by atoms with van der Waals surface area (Å²) in [6.45, 7) is 6.26. The molecule has 0 atom stereocenters. The lowest BCUT2D eigenvalue weighted by Crippen LogP contribution is -1.96. The van der Waals surface area contributed by atoms with Crippen LogP contribution in [-0.4, -0.2) is 12.1 Å². The number of methoxy groups -OCH3 is 1. The summed E-state index contributed by atoms with van der Waals surface area (Å²) in [5.74, 6) is 0.953. The molecule has 0 saturated heterocycles. The molecule has 0 amide bonds. The van der Waals surface area contributed by atoms with Gasteiger partial charge in [0.2, 0.25) is 0 Å². The van der Waals surface area contributed by atoms with Crippen molar-refractivity contribution in [3.8, 4) is 5.75 Å². The van der Waals surface area contributed by atoms with Gasteiger partial charge in [-0.05, 0) is 55.2 Å². The summed E-state index contributed by atoms with van der Waals surface area (Å²) >= 11 is 0. The van der Waals surface area contributed by atoms with Crippen LogP contribution in [0.3, 0.4) is 0 Å². The zero-order valence-corrected chi connectivity index (χ0v) is 12.6. The van der Waals surface area contributed by atoms with E-state index in [0.29, 0.717) is 0 Å². The van der Waals surface area contributed by atoms with Crippen LogP contribution in [0.25, 0.3) is 5.57 Å². The lowest BCUT2D eigenvalue weighted by Gasteiger charge is -2.13. The van der Waals surface area contributed by atoms with E-state index in [0.717, 1.165) is 17.9 Å². The van der Waals surface area contributed by atoms with Crippen molar-refractivity contribution in [3.05, 3.63) is 65.0 Å². The van der Waals surface area contributed by atoms with E-state index in [2.05, 4.69) is 43.1 Å². The van der Waals surface area contributed by atoms with E-state index < -0.39 is 0 Å². The number of rotatable bonds is 4. The molecule has 1 aromatic carbocycles. The average molecular weight is 267 g/mol. The number of nitrogens with zero attached hydrogens (tertiary/aromatic N) is 1. The van der Waals surface area contributed by atoms with E-state index in [1.165, 1.54) is 22.3 Å². The van der Waals surface area contributed by atoms with Crippen LogP contribution in [0.5, 0.6) is 5.75 Å². The number of ether oxygens (including phenoxy) is 1. The van der Waals surface area contributed by atoms with Crippen LogP contribution in [0.4, 0.5) is 0 Å². The summed E-state index contributed by atoms with van der Waals surface area (Å²) in [4.78, 5) is 4.38. The molecule has 0 saturated carbocycles. The van der Waals surface area contributed by atoms with E-state index >= 15 is 0 Å². The van der Waals surface area contributed by atoms with E-state index in [9.17, 15) is 0 Å². The highest BCUT2D eigenvalue weighted by atomic mass is 16.5. The van der Waals surface area contributed by atoms with Crippen LogP contribution in [0.15, 0.2) is 42.6 Å². The first kappa shape index (κ1) is 14.3. The van der Waals surface area contributed by atoms with Crippen molar-refractivity contribution >= 4 is 5.57 Å². The lowest BCUT2D eigenvalue weighted by molar-refractivity contribution is 0.410. The molecule has 1 heterocycles. The monoisotopic (exact) mass is 267 g/mol. The molecule has 0 aliphatic carbocycles. The van der Waals surface area contributed by atoms with Crippen molar-refractivity contribution < 1.29 is 4.74 Å². The molecule has 0 fully saturated rings. The second kappa shape index (κ2) is 6.38. The number of benzene rings is 1. The Bertz CT molecular complexity index is 629. The number of hydrogen-bond acceptors (Lipinski definition) is 2. The highest BCUT2D eigenvalue weighted by Gasteiger charge is 2.10. The fourth-order valence-corrected chi connectivity index (χ4v) is 2.47. The highest BCUT2D eigenvalue weighted by molar-refractivity contribution is 5.81. The SMILES string of the molecule is C/C=C(/c1ccc(OC)c(CC)c1)c1cccnc1C. The summed E-state index contributed by atoms with van der Waals surface area (Å²) in [5, 5.41) is 0. The normalized spacial score (nSPS) is 11.5. The third-order valence-corrected chi connectivity index (χ3v) is 3.56. The molecule has 2 aromatic rings. The van der Waals surface area contributed by atoms with Gasteiger partial charge in [-0.3, -0.25) is 4.98 Å². The molecule has 2 nitrogen and oxygen atoms in total. The van der Waals surface area contributed by atoms with Crippen LogP contribution >= 0.6 is 0 Å². The Hall–Kier alpha value is -2.09. The van der Waals surface area contributed by atoms with Crippen molar-refractivity contribution in [2.45, 2.75) is 27.2 Å². The predicted molar refractivity (Wildman–Crippen MR) is 84.1 cm³/mol. The fourth-order valence-electron chi connectivity index (χ4n) is 2.47. The number of pyridine rings is 1. The van der Waals surface area contributed by atoms with Gasteiger partial charge >= 0.3 is 0 Å². The Balaban J connectivity index is 2.51. The number of aryl methyl sites for hydroxylation is 2. The molecule has 104 valence electrons. The molecule has 0 bridgehead atoms. The van der Waals surface area contributed by atoms with Gasteiger partial charge in [0.1, 0.15) is 5.75 Å². The maximum atomic E-state index is 5.40. The third kappa shape index (κ3) is 2.74. The zero-order valence-electron chi connectivity index (χ0n) is 12.6. The molecular formula is C18H21NO. The van der Waals surface area contributed by atoms with Crippen molar-refractivity contribution in [3.63, 3.8) is 0 Å². The summed E-state index contributed by atoms with van der Waals surface area (Å²) in [7, 11) is 1.72. The number of hydrogen-bond donors (Lipinski definition) is 0. The smallest absolute Gasteiger partial charge is 0.122 e. The number of allylic oxidation sites excluding steroid dienone is 1. The lowest BCUT2D eigenvalue weighted by atomic mass is 9.94. The van der Waals surface area contributed by atoms with Crippen LogP contribution in [0, 0.1) is 6.92 Å². The van der Waals surface area contributed by atoms with Gasteiger partial charge in [0.15, 0.2) is 0 Å². The fraction of sp³-hybridized carbons (Fsp3) is 0.278. The van der Waals surface area contributed by atoms with Gasteiger partial charge in [0.05, 0.1) is 7.11 Å². The standard InChI is InChI=1S/C18H21NO/c1-5-14-12-15(9-10-18(14)20-4)16(6-2)17-8-7-11-19-13(17)3/h6-12H,5H2,1-4H3/b16-6-. The molecule has 0 spiro atoms. The van der Waals surface area contributed by atoms with Gasteiger partial charge in [0, 0.05) is 17.5 Å². The van der Waals surface area contributed by atoms with Crippen LogP contribution in [0.2, 0.25) is 0 Å². The summed E-state index contributed by atoms with van der Waals surface area (Å²) < 4.78 is 5.40. The molecule has 0 unspecified atom stereocenters. The first-order valence-electron chi connectivity index (χ1n) is 6.96. The second-order valence-corrected chi connectivity index (χ2v) is 4.72. The Kier molecular flexibility index (Phi) is 4.57. The molecule has 0 radical (unpaired) electrons. The van der Waals surface area contributed by atoms with Gasteiger partial charge in [-0.2, -0.15) is 0 Å². The zero-order chi connectivity index (χ0) is 14.5. The van der Waals surface area contributed by atoms with E-state index in [4.69, 9.17) is 4.74 Å². The minimum Gasteiger partial charge on any atom is -0.496 e. The molecule has 2 heteroatoms. The first-order chi connectivity index (χ1) is 9.71. The maximum Gasteiger partial charge on any atom is 0.122 e. The number of aromatic nitrogens is 1. The van der Waals surface area contributed by atoms with Crippen LogP contribution < -0.4 is 4.74 Å². The maximum absolute atomic E-state index is 5.40. The highest BCUT2D eigenvalue weighted by Crippen LogP contribution is 2.29. The minimum absolute atomic E-state index is 0.953. The first-order valence-corrected chi connectivity index (χ1v) is 6.96. The van der Waals surface area contributed by atoms with Gasteiger partial charge in [-0.15, -0.1) is 0 Å². The summed E-state index contributed by atoms with van der Waals surface area (Å²) in [6.07, 6.45) is 4.93. The van der Waals surface area contributed by atoms with Crippen molar-refractivity contribution in [2.75, 3.05) is 7.11 Å². The average Bonchev–Trinajstić information content (AvgIpc) is 2.49. The quantitative estimate of drug-likeness (QED) is 0.818. The summed E-state index contributed by atoms with van der Waals surface area (Å²) in [6, 6.07) is 10.5. The van der Waals surface area contributed by atoms with Crippen molar-refractivity contribution in [2.24, 2.45) is 0 Å². The second-order valence-electron chi connectivity index (χ2n) is 4.72. The summed E-state index contributed by atoms with van der Waals surface area (Å²) in [5.41, 5.74) is 5.89. The Morgan fingerprint density at radius 3 is 2.70 bits per heavy atom. The van der Waals surface area contributed by atoms with Crippen molar-refractivity contribution in [1.82, 2.24) is 4.98 Å². The van der Waals surface area contributed by atoms with Crippen molar-refractivity contribution in [1.29, 1.82) is 0 Å². The molecule has 20 heavy (non-hydrogen) atoms. The van der Waals surface area contributed by atoms with Gasteiger partial charge in [0.25, 0.3) is 0 Å². The Morgan fingerprint density at radius 1 is 1.30 bits per heavy atom. The van der Waals surface area contributed by atoms with Gasteiger partial charge in [-0.1, -0.05) is 25.1 Å². The Labute approximate surface area is 121 Å². The third-order valence-electron chi connectivity index (χ3n) is 3.56. The molecule has 2 rings (SSSR count). The van der Waals surface area contributed by atoms with E-state index in [-0.39, 0.29) is 0 Å². The van der Waals surface area contributed by atoms with Crippen LogP contribution in [0.1, 0.15) is 36.2 Å². The largest absolute Gasteiger partial charge is 0.496 e. The molecule has 1 aromatic heterocycles. The molecule has 0 N–H and O–H groups in total. The topological polar surface area (TPSA) is 22.1 Å². The molecular weight excluding hydrogens is 246 g/mol. The van der Waals surface area contributed by atoms with Crippen LogP contribution in [-0.2, 0) is 6.42 Å². The van der Waals surface area contributed by atoms with Gasteiger partial charge < -0.3 is 4.74 Å². The minimum atomic E-state index is 0.953. The van der Waals surface area contributed by atoms with E-state index in [1.54, 1.807) is 7.11 Å².